The molecule has 6 nitrogen and oxygen atoms in total. The molecule has 1 aromatic heterocycles. The van der Waals surface area contributed by atoms with Gasteiger partial charge >= 0.3 is 0 Å². The molecule has 0 saturated heterocycles. The van der Waals surface area contributed by atoms with Gasteiger partial charge in [0.05, 0.1) is 13.3 Å². The first kappa shape index (κ1) is 12.6. The van der Waals surface area contributed by atoms with E-state index in [9.17, 15) is 4.79 Å². The van der Waals surface area contributed by atoms with Crippen molar-refractivity contribution in [1.82, 2.24) is 9.97 Å². The number of aromatic amines is 1. The Kier molecular flexibility index (Phi) is 3.78. The Hall–Kier alpha value is -2.81. The quantitative estimate of drug-likeness (QED) is 0.889. The molecule has 0 atom stereocenters. The summed E-state index contributed by atoms with van der Waals surface area (Å²) >= 11 is 0. The van der Waals surface area contributed by atoms with Crippen LogP contribution in [0.3, 0.4) is 0 Å². The standard InChI is InChI=1S/C13H11N3O3/c1-18-10-2-4-11(5-3-10)19-8-12-15-7-9(6-14)13(17)16-12/h2-5,7H,8H2,1H3,(H,15,16,17). The van der Waals surface area contributed by atoms with E-state index in [-0.39, 0.29) is 12.2 Å². The third kappa shape index (κ3) is 3.10. The zero-order valence-corrected chi connectivity index (χ0v) is 10.2. The van der Waals surface area contributed by atoms with E-state index in [0.717, 1.165) is 5.75 Å². The number of rotatable bonds is 4. The maximum absolute atomic E-state index is 11.4. The third-order valence-electron chi connectivity index (χ3n) is 2.41. The summed E-state index contributed by atoms with van der Waals surface area (Å²) in [7, 11) is 1.58. The molecule has 1 aromatic carbocycles. The van der Waals surface area contributed by atoms with Crippen molar-refractivity contribution >= 4 is 0 Å². The van der Waals surface area contributed by atoms with Crippen molar-refractivity contribution in [3.8, 4) is 17.6 Å². The largest absolute Gasteiger partial charge is 0.497 e. The van der Waals surface area contributed by atoms with Crippen molar-refractivity contribution in [2.75, 3.05) is 7.11 Å². The molecule has 0 spiro atoms. The van der Waals surface area contributed by atoms with Gasteiger partial charge in [0.15, 0.2) is 0 Å². The van der Waals surface area contributed by atoms with Gasteiger partial charge in [-0.15, -0.1) is 0 Å². The fourth-order valence-electron chi connectivity index (χ4n) is 1.41. The summed E-state index contributed by atoms with van der Waals surface area (Å²) in [5.74, 6) is 1.73. The van der Waals surface area contributed by atoms with Crippen molar-refractivity contribution < 1.29 is 9.47 Å². The average molecular weight is 257 g/mol. The zero-order chi connectivity index (χ0) is 13.7. The summed E-state index contributed by atoms with van der Waals surface area (Å²) in [6, 6.07) is 8.79. The molecule has 19 heavy (non-hydrogen) atoms. The molecule has 0 saturated carbocycles. The molecule has 0 amide bonds. The van der Waals surface area contributed by atoms with Gasteiger partial charge in [0.25, 0.3) is 5.56 Å². The van der Waals surface area contributed by atoms with Crippen molar-refractivity contribution in [3.05, 3.63) is 52.2 Å². The van der Waals surface area contributed by atoms with Gasteiger partial charge in [-0.3, -0.25) is 4.79 Å². The van der Waals surface area contributed by atoms with Gasteiger partial charge in [-0.1, -0.05) is 0 Å². The van der Waals surface area contributed by atoms with Crippen molar-refractivity contribution in [3.63, 3.8) is 0 Å². The monoisotopic (exact) mass is 257 g/mol. The van der Waals surface area contributed by atoms with Gasteiger partial charge in [0.2, 0.25) is 0 Å². The minimum absolute atomic E-state index is 0.0202. The Balaban J connectivity index is 2.04. The summed E-state index contributed by atoms with van der Waals surface area (Å²) in [6.07, 6.45) is 1.23. The molecule has 1 heterocycles. The van der Waals surface area contributed by atoms with E-state index in [4.69, 9.17) is 14.7 Å². The number of ether oxygens (including phenoxy) is 2. The molecule has 0 fully saturated rings. The molecule has 6 heteroatoms. The predicted octanol–water partition coefficient (Wildman–Crippen LogP) is 1.23. The summed E-state index contributed by atoms with van der Waals surface area (Å²) in [5, 5.41) is 8.61. The smallest absolute Gasteiger partial charge is 0.268 e. The van der Waals surface area contributed by atoms with Gasteiger partial charge in [-0.25, -0.2) is 4.98 Å². The van der Waals surface area contributed by atoms with Crippen molar-refractivity contribution in [2.45, 2.75) is 6.61 Å². The predicted molar refractivity (Wildman–Crippen MR) is 66.9 cm³/mol. The highest BCUT2D eigenvalue weighted by atomic mass is 16.5. The minimum atomic E-state index is -0.467. The van der Waals surface area contributed by atoms with Crippen LogP contribution in [0.5, 0.6) is 11.5 Å². The lowest BCUT2D eigenvalue weighted by Crippen LogP contribution is -2.15. The number of methoxy groups -OCH3 is 1. The zero-order valence-electron chi connectivity index (χ0n) is 10.2. The first-order valence-electron chi connectivity index (χ1n) is 5.48. The van der Waals surface area contributed by atoms with E-state index in [1.165, 1.54) is 6.20 Å². The maximum Gasteiger partial charge on any atom is 0.268 e. The number of hydrogen-bond acceptors (Lipinski definition) is 5. The molecule has 2 rings (SSSR count). The Morgan fingerprint density at radius 1 is 1.32 bits per heavy atom. The van der Waals surface area contributed by atoms with Crippen LogP contribution >= 0.6 is 0 Å². The lowest BCUT2D eigenvalue weighted by molar-refractivity contribution is 0.294. The second-order valence-electron chi connectivity index (χ2n) is 3.65. The molecule has 0 aliphatic rings. The molecule has 0 bridgehead atoms. The van der Waals surface area contributed by atoms with Gasteiger partial charge < -0.3 is 14.5 Å². The summed E-state index contributed by atoms with van der Waals surface area (Å²) < 4.78 is 10.5. The molecule has 1 N–H and O–H groups in total. The summed E-state index contributed by atoms with van der Waals surface area (Å²) in [6.45, 7) is 0.118. The maximum atomic E-state index is 11.4. The molecule has 2 aromatic rings. The van der Waals surface area contributed by atoms with Crippen LogP contribution in [-0.2, 0) is 6.61 Å². The van der Waals surface area contributed by atoms with Gasteiger partial charge in [0.1, 0.15) is 35.6 Å². The van der Waals surface area contributed by atoms with E-state index < -0.39 is 5.56 Å². The average Bonchev–Trinajstić information content (AvgIpc) is 2.46. The van der Waals surface area contributed by atoms with Crippen LogP contribution in [-0.4, -0.2) is 17.1 Å². The molecular weight excluding hydrogens is 246 g/mol. The van der Waals surface area contributed by atoms with Crippen LogP contribution in [0.2, 0.25) is 0 Å². The van der Waals surface area contributed by atoms with Crippen LogP contribution in [0.4, 0.5) is 0 Å². The fourth-order valence-corrected chi connectivity index (χ4v) is 1.41. The van der Waals surface area contributed by atoms with Crippen molar-refractivity contribution in [2.24, 2.45) is 0 Å². The topological polar surface area (TPSA) is 88.0 Å². The number of nitrogens with zero attached hydrogens (tertiary/aromatic N) is 2. The van der Waals surface area contributed by atoms with E-state index >= 15 is 0 Å². The summed E-state index contributed by atoms with van der Waals surface area (Å²) in [4.78, 5) is 17.8. The van der Waals surface area contributed by atoms with Gasteiger partial charge in [-0.2, -0.15) is 5.26 Å². The van der Waals surface area contributed by atoms with Crippen LogP contribution in [0.25, 0.3) is 0 Å². The fraction of sp³-hybridized carbons (Fsp3) is 0.154. The Bertz CT molecular complexity index is 656. The highest BCUT2D eigenvalue weighted by Crippen LogP contribution is 2.17. The number of benzene rings is 1. The number of H-pyrrole nitrogens is 1. The number of aromatic nitrogens is 2. The second-order valence-corrected chi connectivity index (χ2v) is 3.65. The first-order chi connectivity index (χ1) is 9.22. The highest BCUT2D eigenvalue weighted by molar-refractivity contribution is 5.31. The van der Waals surface area contributed by atoms with E-state index in [0.29, 0.717) is 11.6 Å². The Morgan fingerprint density at radius 2 is 2.00 bits per heavy atom. The lowest BCUT2D eigenvalue weighted by atomic mass is 10.3. The molecule has 0 aliphatic carbocycles. The normalized spacial score (nSPS) is 9.68. The first-order valence-corrected chi connectivity index (χ1v) is 5.48. The third-order valence-corrected chi connectivity index (χ3v) is 2.41. The molecule has 0 aliphatic heterocycles. The van der Waals surface area contributed by atoms with E-state index in [1.54, 1.807) is 37.4 Å². The lowest BCUT2D eigenvalue weighted by Gasteiger charge is -2.06. The molecule has 0 unspecified atom stereocenters. The van der Waals surface area contributed by atoms with Crippen LogP contribution < -0.4 is 15.0 Å². The van der Waals surface area contributed by atoms with Crippen LogP contribution in [0.15, 0.2) is 35.3 Å². The highest BCUT2D eigenvalue weighted by Gasteiger charge is 2.02. The van der Waals surface area contributed by atoms with E-state index in [1.807, 2.05) is 0 Å². The number of nitriles is 1. The second kappa shape index (κ2) is 5.69. The van der Waals surface area contributed by atoms with Gasteiger partial charge in [-0.05, 0) is 24.3 Å². The Morgan fingerprint density at radius 3 is 2.58 bits per heavy atom. The number of nitrogens with one attached hydrogen (secondary N) is 1. The van der Waals surface area contributed by atoms with Crippen molar-refractivity contribution in [1.29, 1.82) is 5.26 Å². The SMILES string of the molecule is COc1ccc(OCc2ncc(C#N)c(=O)[nH]2)cc1. The number of hydrogen-bond donors (Lipinski definition) is 1. The minimum Gasteiger partial charge on any atom is -0.497 e. The summed E-state index contributed by atoms with van der Waals surface area (Å²) in [5.41, 5.74) is -0.487. The Labute approximate surface area is 109 Å². The van der Waals surface area contributed by atoms with Crippen LogP contribution in [0, 0.1) is 11.3 Å². The molecule has 96 valence electrons. The van der Waals surface area contributed by atoms with E-state index in [2.05, 4.69) is 9.97 Å². The van der Waals surface area contributed by atoms with Gasteiger partial charge in [0, 0.05) is 0 Å². The molecular formula is C13H11N3O3. The van der Waals surface area contributed by atoms with Crippen LogP contribution in [0.1, 0.15) is 11.4 Å². The molecule has 0 radical (unpaired) electrons.